The van der Waals surface area contributed by atoms with Crippen molar-refractivity contribution in [2.24, 2.45) is 5.73 Å². The molecular weight excluding hydrogens is 358 g/mol. The summed E-state index contributed by atoms with van der Waals surface area (Å²) in [4.78, 5) is 15.9. The van der Waals surface area contributed by atoms with E-state index < -0.39 is 5.54 Å². The van der Waals surface area contributed by atoms with Gasteiger partial charge in [-0.1, -0.05) is 61.9 Å². The molecule has 0 bridgehead atoms. The van der Waals surface area contributed by atoms with E-state index in [1.165, 1.54) is 16.5 Å². The lowest BCUT2D eigenvalue weighted by molar-refractivity contribution is -0.126. The van der Waals surface area contributed by atoms with E-state index in [4.69, 9.17) is 5.73 Å². The molecule has 0 fully saturated rings. The van der Waals surface area contributed by atoms with Crippen molar-refractivity contribution in [3.05, 3.63) is 71.9 Å². The van der Waals surface area contributed by atoms with Gasteiger partial charge in [0.15, 0.2) is 0 Å². The van der Waals surface area contributed by atoms with Crippen LogP contribution in [0.3, 0.4) is 0 Å². The summed E-state index contributed by atoms with van der Waals surface area (Å²) in [6.45, 7) is 4.35. The summed E-state index contributed by atoms with van der Waals surface area (Å²) in [6, 6.07) is 18.5. The smallest absolute Gasteiger partial charge is 0.239 e. The molecule has 2 atom stereocenters. The zero-order valence-corrected chi connectivity index (χ0v) is 16.7. The number of nitrogens with two attached hydrogens (primary N) is 1. The van der Waals surface area contributed by atoms with E-state index in [0.29, 0.717) is 13.0 Å². The molecule has 2 aromatic carbocycles. The van der Waals surface area contributed by atoms with Crippen molar-refractivity contribution in [2.75, 3.05) is 6.54 Å². The Morgan fingerprint density at radius 1 is 1.15 bits per heavy atom. The Kier molecular flexibility index (Phi) is 7.05. The zero-order valence-electron chi connectivity index (χ0n) is 15.9. The Morgan fingerprint density at radius 3 is 2.52 bits per heavy atom. The number of nitrogens with one attached hydrogen (secondary N) is 2. The minimum Gasteiger partial charge on any atom is -0.361 e. The number of fused-ring (bicyclic) bond motifs is 1. The molecule has 0 saturated heterocycles. The molecule has 0 saturated carbocycles. The van der Waals surface area contributed by atoms with Gasteiger partial charge >= 0.3 is 0 Å². The molecule has 0 aliphatic heterocycles. The first-order valence-electron chi connectivity index (χ1n) is 9.21. The van der Waals surface area contributed by atoms with E-state index in [9.17, 15) is 4.79 Å². The van der Waals surface area contributed by atoms with Crippen LogP contribution in [0.15, 0.2) is 60.8 Å². The summed E-state index contributed by atoms with van der Waals surface area (Å²) >= 11 is 0. The summed E-state index contributed by atoms with van der Waals surface area (Å²) in [5, 5.41) is 4.26. The Balaban J connectivity index is 0.00000261. The fourth-order valence-corrected chi connectivity index (χ4v) is 3.50. The van der Waals surface area contributed by atoms with E-state index in [-0.39, 0.29) is 24.2 Å². The zero-order chi connectivity index (χ0) is 18.6. The number of hydrogen-bond donors (Lipinski definition) is 3. The summed E-state index contributed by atoms with van der Waals surface area (Å²) in [5.74, 6) is -0.0335. The van der Waals surface area contributed by atoms with Crippen LogP contribution >= 0.6 is 12.4 Å². The number of aromatic nitrogens is 1. The molecule has 0 spiro atoms. The number of carbonyl (C=O) groups excluding carboxylic acids is 1. The molecule has 5 heteroatoms. The highest BCUT2D eigenvalue weighted by Gasteiger charge is 2.28. The predicted molar refractivity (Wildman–Crippen MR) is 114 cm³/mol. The van der Waals surface area contributed by atoms with E-state index in [1.807, 2.05) is 43.5 Å². The Labute approximate surface area is 167 Å². The number of hydrogen-bond acceptors (Lipinski definition) is 2. The standard InChI is InChI=1S/C22H27N3O.ClH/c1-3-13-22(2,23)21(26)25-14-18(16-9-5-4-6-10-16)19-15-24-20-12-8-7-11-17(19)20;/h4-12,15,18,24H,3,13-14,23H2,1-2H3,(H,25,26);1H. The van der Waals surface area contributed by atoms with E-state index >= 15 is 0 Å². The van der Waals surface area contributed by atoms with Gasteiger partial charge in [0.1, 0.15) is 0 Å². The Morgan fingerprint density at radius 2 is 1.81 bits per heavy atom. The summed E-state index contributed by atoms with van der Waals surface area (Å²) < 4.78 is 0. The van der Waals surface area contributed by atoms with Gasteiger partial charge in [-0.3, -0.25) is 4.79 Å². The third-order valence-corrected chi connectivity index (χ3v) is 4.95. The fraction of sp³-hybridized carbons (Fsp3) is 0.318. The Hall–Kier alpha value is -2.30. The van der Waals surface area contributed by atoms with Crippen LogP contribution in [0.2, 0.25) is 0 Å². The lowest BCUT2D eigenvalue weighted by Crippen LogP contribution is -2.52. The first-order chi connectivity index (χ1) is 12.5. The molecule has 2 unspecified atom stereocenters. The third-order valence-electron chi connectivity index (χ3n) is 4.95. The van der Waals surface area contributed by atoms with Crippen LogP contribution in [0.5, 0.6) is 0 Å². The van der Waals surface area contributed by atoms with Gasteiger partial charge < -0.3 is 16.0 Å². The van der Waals surface area contributed by atoms with Gasteiger partial charge in [0.05, 0.1) is 5.54 Å². The third kappa shape index (κ3) is 4.71. The maximum atomic E-state index is 12.6. The molecule has 3 aromatic rings. The van der Waals surface area contributed by atoms with Crippen molar-refractivity contribution < 1.29 is 4.79 Å². The van der Waals surface area contributed by atoms with Crippen LogP contribution in [0, 0.1) is 0 Å². The highest BCUT2D eigenvalue weighted by molar-refractivity contribution is 5.86. The highest BCUT2D eigenvalue weighted by atomic mass is 35.5. The van der Waals surface area contributed by atoms with E-state index in [0.717, 1.165) is 11.9 Å². The highest BCUT2D eigenvalue weighted by Crippen LogP contribution is 2.30. The first-order valence-corrected chi connectivity index (χ1v) is 9.21. The van der Waals surface area contributed by atoms with Crippen LogP contribution in [0.25, 0.3) is 10.9 Å². The summed E-state index contributed by atoms with van der Waals surface area (Å²) in [7, 11) is 0. The number of H-pyrrole nitrogens is 1. The second-order valence-electron chi connectivity index (χ2n) is 7.13. The van der Waals surface area contributed by atoms with Gasteiger partial charge in [0.25, 0.3) is 0 Å². The van der Waals surface area contributed by atoms with Crippen molar-refractivity contribution in [1.29, 1.82) is 0 Å². The molecule has 144 valence electrons. The van der Waals surface area contributed by atoms with Crippen LogP contribution < -0.4 is 11.1 Å². The van der Waals surface area contributed by atoms with Crippen molar-refractivity contribution in [3.63, 3.8) is 0 Å². The van der Waals surface area contributed by atoms with Crippen LogP contribution in [0.4, 0.5) is 0 Å². The number of rotatable bonds is 7. The van der Waals surface area contributed by atoms with Gasteiger partial charge in [-0.05, 0) is 30.5 Å². The number of carbonyl (C=O) groups is 1. The monoisotopic (exact) mass is 385 g/mol. The fourth-order valence-electron chi connectivity index (χ4n) is 3.50. The SMILES string of the molecule is CCCC(C)(N)C(=O)NCC(c1ccccc1)c1c[nH]c2ccccc12.Cl. The summed E-state index contributed by atoms with van der Waals surface area (Å²) in [6.07, 6.45) is 3.59. The average molecular weight is 386 g/mol. The average Bonchev–Trinajstić information content (AvgIpc) is 3.07. The van der Waals surface area contributed by atoms with Crippen LogP contribution in [0.1, 0.15) is 43.7 Å². The van der Waals surface area contributed by atoms with Gasteiger partial charge in [0.2, 0.25) is 5.91 Å². The minimum atomic E-state index is -0.837. The normalized spacial score (nSPS) is 14.2. The van der Waals surface area contributed by atoms with Gasteiger partial charge in [-0.2, -0.15) is 0 Å². The molecular formula is C22H28ClN3O. The van der Waals surface area contributed by atoms with Crippen molar-refractivity contribution in [2.45, 2.75) is 38.1 Å². The molecule has 3 rings (SSSR count). The largest absolute Gasteiger partial charge is 0.361 e. The van der Waals surface area contributed by atoms with Gasteiger partial charge in [0, 0.05) is 29.6 Å². The lowest BCUT2D eigenvalue weighted by Gasteiger charge is -2.25. The maximum Gasteiger partial charge on any atom is 0.239 e. The number of halogens is 1. The van der Waals surface area contributed by atoms with Crippen LogP contribution in [-0.4, -0.2) is 23.0 Å². The molecule has 1 heterocycles. The van der Waals surface area contributed by atoms with E-state index in [1.54, 1.807) is 6.92 Å². The number of para-hydroxylation sites is 1. The molecule has 4 nitrogen and oxygen atoms in total. The molecule has 27 heavy (non-hydrogen) atoms. The predicted octanol–water partition coefficient (Wildman–Crippen LogP) is 4.36. The number of aromatic amines is 1. The lowest BCUT2D eigenvalue weighted by atomic mass is 9.90. The van der Waals surface area contributed by atoms with Crippen LogP contribution in [-0.2, 0) is 4.79 Å². The number of benzene rings is 2. The van der Waals surface area contributed by atoms with E-state index in [2.05, 4.69) is 34.6 Å². The molecule has 4 N–H and O–H groups in total. The van der Waals surface area contributed by atoms with Gasteiger partial charge in [-0.25, -0.2) is 0 Å². The second kappa shape index (κ2) is 9.07. The molecule has 0 radical (unpaired) electrons. The molecule has 1 aromatic heterocycles. The second-order valence-corrected chi connectivity index (χ2v) is 7.13. The van der Waals surface area contributed by atoms with Crippen molar-refractivity contribution >= 4 is 29.2 Å². The van der Waals surface area contributed by atoms with Gasteiger partial charge in [-0.15, -0.1) is 12.4 Å². The number of amides is 1. The molecule has 1 amide bonds. The molecule has 0 aliphatic carbocycles. The summed E-state index contributed by atoms with van der Waals surface area (Å²) in [5.41, 5.74) is 8.81. The first kappa shape index (κ1) is 21.0. The minimum absolute atomic E-state index is 0. The van der Waals surface area contributed by atoms with Crippen molar-refractivity contribution in [1.82, 2.24) is 10.3 Å². The molecule has 0 aliphatic rings. The quantitative estimate of drug-likeness (QED) is 0.565. The Bertz CT molecular complexity index is 873. The topological polar surface area (TPSA) is 70.9 Å². The van der Waals surface area contributed by atoms with Crippen molar-refractivity contribution in [3.8, 4) is 0 Å². The maximum absolute atomic E-state index is 12.6.